The van der Waals surface area contributed by atoms with Gasteiger partial charge in [0.15, 0.2) is 6.10 Å². The fourth-order valence-corrected chi connectivity index (χ4v) is 8.12. The molecule has 0 N–H and O–H groups in total. The van der Waals surface area contributed by atoms with Crippen LogP contribution in [0.25, 0.3) is 0 Å². The minimum Gasteiger partial charge on any atom is -0.462 e. The molecule has 0 aliphatic rings. The maximum absolute atomic E-state index is 12.8. The molecule has 0 aliphatic carbocycles. The molecule has 60 heavy (non-hydrogen) atoms. The van der Waals surface area contributed by atoms with Crippen LogP contribution in [0.4, 0.5) is 0 Å². The standard InChI is InChI=1S/C54H104O6/c1-48(2)40-34-28-22-18-14-10-8-7-9-11-17-21-25-33-39-45-54(57)60-51(47-59-53(56)44-38-32-27-26-30-36-42-50(5)6)46-58-52(55)43-37-31-24-20-16-13-12-15-19-23-29-35-41-49(3)4/h48-51H,7-47H2,1-6H3/t51-/m1/s1. The molecule has 0 fully saturated rings. The maximum Gasteiger partial charge on any atom is 0.306 e. The maximum atomic E-state index is 12.8. The summed E-state index contributed by atoms with van der Waals surface area (Å²) in [6, 6.07) is 0. The molecule has 0 bridgehead atoms. The topological polar surface area (TPSA) is 78.9 Å². The van der Waals surface area contributed by atoms with Crippen LogP contribution in [0.15, 0.2) is 0 Å². The second kappa shape index (κ2) is 45.4. The highest BCUT2D eigenvalue weighted by molar-refractivity contribution is 5.71. The molecule has 0 saturated carbocycles. The number of hydrogen-bond donors (Lipinski definition) is 0. The largest absolute Gasteiger partial charge is 0.462 e. The number of rotatable bonds is 47. The molecule has 0 radical (unpaired) electrons. The van der Waals surface area contributed by atoms with Crippen molar-refractivity contribution in [2.24, 2.45) is 17.8 Å². The third kappa shape index (κ3) is 47.5. The van der Waals surface area contributed by atoms with Gasteiger partial charge in [0.1, 0.15) is 13.2 Å². The van der Waals surface area contributed by atoms with E-state index in [1.165, 1.54) is 173 Å². The lowest BCUT2D eigenvalue weighted by Crippen LogP contribution is -2.30. The third-order valence-electron chi connectivity index (χ3n) is 12.1. The van der Waals surface area contributed by atoms with Crippen LogP contribution in [0, 0.1) is 17.8 Å². The number of carbonyl (C=O) groups is 3. The van der Waals surface area contributed by atoms with Crippen LogP contribution in [-0.4, -0.2) is 37.2 Å². The van der Waals surface area contributed by atoms with E-state index >= 15 is 0 Å². The fourth-order valence-electron chi connectivity index (χ4n) is 8.12. The lowest BCUT2D eigenvalue weighted by atomic mass is 10.0. The van der Waals surface area contributed by atoms with Gasteiger partial charge in [0.25, 0.3) is 0 Å². The van der Waals surface area contributed by atoms with E-state index in [2.05, 4.69) is 41.5 Å². The van der Waals surface area contributed by atoms with Gasteiger partial charge in [-0.1, -0.05) is 253 Å². The fraction of sp³-hybridized carbons (Fsp3) is 0.944. The van der Waals surface area contributed by atoms with E-state index in [1.54, 1.807) is 0 Å². The summed E-state index contributed by atoms with van der Waals surface area (Å²) < 4.78 is 16.8. The Kier molecular flexibility index (Phi) is 44.2. The average molecular weight is 849 g/mol. The van der Waals surface area contributed by atoms with Gasteiger partial charge in [0.05, 0.1) is 0 Å². The van der Waals surface area contributed by atoms with Crippen LogP contribution in [0.3, 0.4) is 0 Å². The Labute approximate surface area is 374 Å². The van der Waals surface area contributed by atoms with Crippen LogP contribution in [0.2, 0.25) is 0 Å². The lowest BCUT2D eigenvalue weighted by molar-refractivity contribution is -0.167. The molecule has 0 rings (SSSR count). The van der Waals surface area contributed by atoms with E-state index < -0.39 is 6.10 Å². The van der Waals surface area contributed by atoms with Crippen molar-refractivity contribution in [3.05, 3.63) is 0 Å². The van der Waals surface area contributed by atoms with Gasteiger partial charge < -0.3 is 14.2 Å². The summed E-state index contributed by atoms with van der Waals surface area (Å²) in [6.07, 6.45) is 45.3. The number of unbranched alkanes of at least 4 members (excludes halogenated alkanes) is 30. The van der Waals surface area contributed by atoms with Crippen molar-refractivity contribution in [3.8, 4) is 0 Å². The first-order valence-corrected chi connectivity index (χ1v) is 26.6. The van der Waals surface area contributed by atoms with E-state index in [1.807, 2.05) is 0 Å². The minimum absolute atomic E-state index is 0.0651. The predicted octanol–water partition coefficient (Wildman–Crippen LogP) is 17.2. The second-order valence-electron chi connectivity index (χ2n) is 19.9. The van der Waals surface area contributed by atoms with Crippen LogP contribution in [0.5, 0.6) is 0 Å². The molecular formula is C54H104O6. The highest BCUT2D eigenvalue weighted by Crippen LogP contribution is 2.18. The Morgan fingerprint density at radius 2 is 0.483 bits per heavy atom. The van der Waals surface area contributed by atoms with Gasteiger partial charge in [-0.25, -0.2) is 0 Å². The van der Waals surface area contributed by atoms with Crippen molar-refractivity contribution in [2.75, 3.05) is 13.2 Å². The zero-order valence-electron chi connectivity index (χ0n) is 41.3. The molecule has 6 heteroatoms. The summed E-state index contributed by atoms with van der Waals surface area (Å²) >= 11 is 0. The van der Waals surface area contributed by atoms with E-state index in [9.17, 15) is 14.4 Å². The molecule has 0 aromatic heterocycles. The Bertz CT molecular complexity index is 929. The summed E-state index contributed by atoms with van der Waals surface area (Å²) in [5, 5.41) is 0. The predicted molar refractivity (Wildman–Crippen MR) is 256 cm³/mol. The first-order valence-electron chi connectivity index (χ1n) is 26.6. The second-order valence-corrected chi connectivity index (χ2v) is 19.9. The monoisotopic (exact) mass is 849 g/mol. The first-order chi connectivity index (χ1) is 29.1. The number of hydrogen-bond acceptors (Lipinski definition) is 6. The van der Waals surface area contributed by atoms with Gasteiger partial charge >= 0.3 is 17.9 Å². The molecular weight excluding hydrogens is 745 g/mol. The van der Waals surface area contributed by atoms with Crippen LogP contribution >= 0.6 is 0 Å². The summed E-state index contributed by atoms with van der Waals surface area (Å²) in [7, 11) is 0. The van der Waals surface area contributed by atoms with Crippen molar-refractivity contribution >= 4 is 17.9 Å². The summed E-state index contributed by atoms with van der Waals surface area (Å²) in [5.41, 5.74) is 0. The van der Waals surface area contributed by atoms with Gasteiger partial charge in [0.2, 0.25) is 0 Å². The molecule has 0 aliphatic heterocycles. The Hall–Kier alpha value is -1.59. The highest BCUT2D eigenvalue weighted by atomic mass is 16.6. The third-order valence-corrected chi connectivity index (χ3v) is 12.1. The smallest absolute Gasteiger partial charge is 0.306 e. The van der Waals surface area contributed by atoms with E-state index in [0.29, 0.717) is 19.3 Å². The number of carbonyl (C=O) groups excluding carboxylic acids is 3. The molecule has 0 saturated heterocycles. The van der Waals surface area contributed by atoms with Gasteiger partial charge in [-0.05, 0) is 37.0 Å². The summed E-state index contributed by atoms with van der Waals surface area (Å²) in [4.78, 5) is 37.9. The quantitative estimate of drug-likeness (QED) is 0.0345. The molecule has 0 aromatic carbocycles. The zero-order valence-corrected chi connectivity index (χ0v) is 41.3. The van der Waals surface area contributed by atoms with Crippen molar-refractivity contribution in [1.82, 2.24) is 0 Å². The molecule has 0 spiro atoms. The van der Waals surface area contributed by atoms with Gasteiger partial charge in [-0.3, -0.25) is 14.4 Å². The number of ether oxygens (including phenoxy) is 3. The molecule has 1 atom stereocenters. The van der Waals surface area contributed by atoms with Crippen molar-refractivity contribution in [2.45, 2.75) is 298 Å². The average Bonchev–Trinajstić information content (AvgIpc) is 3.20. The Morgan fingerprint density at radius 1 is 0.283 bits per heavy atom. The minimum atomic E-state index is -0.763. The zero-order chi connectivity index (χ0) is 44.2. The van der Waals surface area contributed by atoms with Crippen molar-refractivity contribution in [3.63, 3.8) is 0 Å². The van der Waals surface area contributed by atoms with Crippen molar-refractivity contribution < 1.29 is 28.6 Å². The van der Waals surface area contributed by atoms with Crippen LogP contribution in [0.1, 0.15) is 292 Å². The highest BCUT2D eigenvalue weighted by Gasteiger charge is 2.19. The van der Waals surface area contributed by atoms with E-state index in [0.717, 1.165) is 75.5 Å². The molecule has 0 amide bonds. The summed E-state index contributed by atoms with van der Waals surface area (Å²) in [5.74, 6) is 1.59. The molecule has 0 heterocycles. The van der Waals surface area contributed by atoms with E-state index in [4.69, 9.17) is 14.2 Å². The van der Waals surface area contributed by atoms with Crippen molar-refractivity contribution in [1.29, 1.82) is 0 Å². The molecule has 6 nitrogen and oxygen atoms in total. The lowest BCUT2D eigenvalue weighted by Gasteiger charge is -2.18. The van der Waals surface area contributed by atoms with Gasteiger partial charge in [0, 0.05) is 19.3 Å². The molecule has 0 unspecified atom stereocenters. The van der Waals surface area contributed by atoms with E-state index in [-0.39, 0.29) is 31.1 Å². The van der Waals surface area contributed by atoms with Gasteiger partial charge in [-0.15, -0.1) is 0 Å². The summed E-state index contributed by atoms with van der Waals surface area (Å²) in [6.45, 7) is 13.7. The Balaban J connectivity index is 4.25. The molecule has 356 valence electrons. The van der Waals surface area contributed by atoms with Gasteiger partial charge in [-0.2, -0.15) is 0 Å². The first kappa shape index (κ1) is 58.4. The molecule has 0 aromatic rings. The van der Waals surface area contributed by atoms with Crippen LogP contribution in [-0.2, 0) is 28.6 Å². The SMILES string of the molecule is CC(C)CCCCCCCCCCCCCCCCCC(=O)O[C@H](COC(=O)CCCCCCCCCCCCCCC(C)C)COC(=O)CCCCCCCCC(C)C. The normalized spacial score (nSPS) is 12.2. The van der Waals surface area contributed by atoms with Crippen LogP contribution < -0.4 is 0 Å². The Morgan fingerprint density at radius 3 is 0.717 bits per heavy atom. The number of esters is 3.